The highest BCUT2D eigenvalue weighted by molar-refractivity contribution is 8.15. The predicted octanol–water partition coefficient (Wildman–Crippen LogP) is 3.73. The molecule has 2 amide bonds. The molecular weight excluding hydrogens is 428 g/mol. The molecule has 1 aromatic carbocycles. The molecule has 0 spiro atoms. The van der Waals surface area contributed by atoms with E-state index in [1.54, 1.807) is 0 Å². The number of aromatic nitrogens is 1. The molecule has 32 heavy (non-hydrogen) atoms. The third-order valence-electron chi connectivity index (χ3n) is 4.85. The molecule has 1 aliphatic heterocycles. The van der Waals surface area contributed by atoms with Gasteiger partial charge in [-0.2, -0.15) is 0 Å². The minimum atomic E-state index is -0.365. The molecule has 3 rings (SSSR count). The molecule has 0 aliphatic carbocycles. The van der Waals surface area contributed by atoms with Gasteiger partial charge in [-0.25, -0.2) is 0 Å². The number of carbonyl (C=O) groups excluding carboxylic acids is 3. The van der Waals surface area contributed by atoms with Gasteiger partial charge in [-0.3, -0.25) is 24.7 Å². The lowest BCUT2D eigenvalue weighted by Crippen LogP contribution is -2.25. The Morgan fingerprint density at radius 1 is 1.06 bits per heavy atom. The van der Waals surface area contributed by atoms with Crippen LogP contribution in [-0.2, 0) is 33.6 Å². The van der Waals surface area contributed by atoms with Crippen LogP contribution in [0.2, 0.25) is 0 Å². The van der Waals surface area contributed by atoms with Crippen molar-refractivity contribution in [3.05, 3.63) is 59.4 Å². The summed E-state index contributed by atoms with van der Waals surface area (Å²) in [7, 11) is 0. The Morgan fingerprint density at radius 3 is 2.44 bits per heavy atom. The molecule has 1 N–H and O–H groups in total. The molecule has 2 heterocycles. The Hall–Kier alpha value is -2.87. The van der Waals surface area contributed by atoms with E-state index in [0.717, 1.165) is 34.3 Å². The van der Waals surface area contributed by atoms with E-state index in [1.807, 2.05) is 56.4 Å². The van der Waals surface area contributed by atoms with Crippen LogP contribution in [0.4, 0.5) is 4.79 Å². The number of nitrogens with one attached hydrogen (secondary N) is 1. The van der Waals surface area contributed by atoms with Gasteiger partial charge in [0.05, 0.1) is 18.5 Å². The van der Waals surface area contributed by atoms with E-state index in [0.29, 0.717) is 44.8 Å². The first-order valence-electron chi connectivity index (χ1n) is 10.7. The van der Waals surface area contributed by atoms with E-state index in [2.05, 4.69) is 10.3 Å². The van der Waals surface area contributed by atoms with Crippen molar-refractivity contribution in [2.75, 3.05) is 13.2 Å². The molecule has 1 saturated heterocycles. The molecule has 1 aliphatic rings. The number of esters is 1. The van der Waals surface area contributed by atoms with Gasteiger partial charge in [0.15, 0.2) is 0 Å². The summed E-state index contributed by atoms with van der Waals surface area (Å²) in [6.07, 6.45) is 4.08. The maximum absolute atomic E-state index is 11.7. The Morgan fingerprint density at radius 2 is 1.81 bits per heavy atom. The molecule has 0 saturated carbocycles. The van der Waals surface area contributed by atoms with E-state index in [9.17, 15) is 14.4 Å². The first kappa shape index (κ1) is 23.8. The number of hydrogen-bond donors (Lipinski definition) is 1. The Balaban J connectivity index is 1.36. The monoisotopic (exact) mass is 456 g/mol. The first-order chi connectivity index (χ1) is 15.4. The van der Waals surface area contributed by atoms with Crippen molar-refractivity contribution >= 4 is 28.9 Å². The lowest BCUT2D eigenvalue weighted by Gasteiger charge is -2.09. The molecule has 170 valence electrons. The summed E-state index contributed by atoms with van der Waals surface area (Å²) in [5.41, 5.74) is 2.93. The molecule has 0 bridgehead atoms. The number of hydrogen-bond acceptors (Lipinski definition) is 7. The van der Waals surface area contributed by atoms with Crippen LogP contribution in [-0.4, -0.2) is 40.6 Å². The summed E-state index contributed by atoms with van der Waals surface area (Å²) in [4.78, 5) is 38.9. The summed E-state index contributed by atoms with van der Waals surface area (Å²) in [6, 6.07) is 11.5. The first-order valence-corrected chi connectivity index (χ1v) is 11.6. The van der Waals surface area contributed by atoms with Crippen LogP contribution < -0.4 is 10.1 Å². The number of ether oxygens (including phenoxy) is 2. The lowest BCUT2D eigenvalue weighted by atomic mass is 10.1. The highest BCUT2D eigenvalue weighted by Gasteiger charge is 2.31. The molecule has 0 radical (unpaired) electrons. The predicted molar refractivity (Wildman–Crippen MR) is 123 cm³/mol. The van der Waals surface area contributed by atoms with E-state index >= 15 is 0 Å². The summed E-state index contributed by atoms with van der Waals surface area (Å²) < 4.78 is 11.0. The number of carbonyl (C=O) groups is 3. The fourth-order valence-corrected chi connectivity index (χ4v) is 4.02. The van der Waals surface area contributed by atoms with Crippen LogP contribution in [0.1, 0.15) is 37.1 Å². The normalized spacial score (nSPS) is 15.7. The highest BCUT2D eigenvalue weighted by atomic mass is 32.2. The molecule has 1 atom stereocenters. The second kappa shape index (κ2) is 11.7. The van der Waals surface area contributed by atoms with Crippen molar-refractivity contribution in [1.82, 2.24) is 10.3 Å². The average molecular weight is 457 g/mol. The SMILES string of the molecule is CC(C)CC(=O)OCCc1ccc(CCOc2ccc(CC3SC(=O)NC3=O)cc2)nc1. The van der Waals surface area contributed by atoms with Crippen LogP contribution in [0.15, 0.2) is 42.6 Å². The number of pyridine rings is 1. The van der Waals surface area contributed by atoms with Crippen LogP contribution >= 0.6 is 11.8 Å². The van der Waals surface area contributed by atoms with Gasteiger partial charge in [-0.15, -0.1) is 0 Å². The highest BCUT2D eigenvalue weighted by Crippen LogP contribution is 2.24. The zero-order valence-electron chi connectivity index (χ0n) is 18.3. The van der Waals surface area contributed by atoms with E-state index < -0.39 is 0 Å². The van der Waals surface area contributed by atoms with Crippen molar-refractivity contribution in [3.8, 4) is 5.75 Å². The molecule has 8 heteroatoms. The second-order valence-electron chi connectivity index (χ2n) is 8.06. The average Bonchev–Trinajstić information content (AvgIpc) is 3.06. The van der Waals surface area contributed by atoms with Crippen molar-refractivity contribution in [2.45, 2.75) is 44.8 Å². The van der Waals surface area contributed by atoms with Crippen molar-refractivity contribution in [2.24, 2.45) is 5.92 Å². The summed E-state index contributed by atoms with van der Waals surface area (Å²) in [5.74, 6) is 0.654. The van der Waals surface area contributed by atoms with Gasteiger partial charge in [0.1, 0.15) is 5.75 Å². The maximum atomic E-state index is 11.7. The quantitative estimate of drug-likeness (QED) is 0.515. The Kier molecular flexibility index (Phi) is 8.67. The van der Waals surface area contributed by atoms with Crippen molar-refractivity contribution < 1.29 is 23.9 Å². The third-order valence-corrected chi connectivity index (χ3v) is 5.83. The summed E-state index contributed by atoms with van der Waals surface area (Å²) >= 11 is 1.03. The van der Waals surface area contributed by atoms with Crippen LogP contribution in [0.25, 0.3) is 0 Å². The van der Waals surface area contributed by atoms with Crippen molar-refractivity contribution in [3.63, 3.8) is 0 Å². The van der Waals surface area contributed by atoms with Gasteiger partial charge in [0.25, 0.3) is 5.24 Å². The van der Waals surface area contributed by atoms with E-state index in [-0.39, 0.29) is 22.4 Å². The maximum Gasteiger partial charge on any atom is 0.306 e. The molecular formula is C24H28N2O5S. The number of imide groups is 1. The van der Waals surface area contributed by atoms with Crippen molar-refractivity contribution in [1.29, 1.82) is 0 Å². The van der Waals surface area contributed by atoms with Gasteiger partial charge < -0.3 is 9.47 Å². The largest absolute Gasteiger partial charge is 0.493 e. The topological polar surface area (TPSA) is 94.6 Å². The Labute approximate surface area is 192 Å². The molecule has 1 aromatic heterocycles. The fraction of sp³-hybridized carbons (Fsp3) is 0.417. The molecule has 1 unspecified atom stereocenters. The second-order valence-corrected chi connectivity index (χ2v) is 9.23. The smallest absolute Gasteiger partial charge is 0.306 e. The van der Waals surface area contributed by atoms with Gasteiger partial charge >= 0.3 is 5.97 Å². The van der Waals surface area contributed by atoms with Gasteiger partial charge in [-0.05, 0) is 41.7 Å². The fourth-order valence-electron chi connectivity index (χ4n) is 3.16. The van der Waals surface area contributed by atoms with Crippen LogP contribution in [0, 0.1) is 5.92 Å². The van der Waals surface area contributed by atoms with Gasteiger partial charge in [-0.1, -0.05) is 43.8 Å². The standard InChI is InChI=1S/C24H28N2O5S/c1-16(2)13-22(27)31-11-9-18-3-6-19(25-15-18)10-12-30-20-7-4-17(5-8-20)14-21-23(28)26-24(29)32-21/h3-8,15-16,21H,9-14H2,1-2H3,(H,26,28,29). The van der Waals surface area contributed by atoms with E-state index in [4.69, 9.17) is 9.47 Å². The number of rotatable bonds is 11. The Bertz CT molecular complexity index is 928. The third kappa shape index (κ3) is 7.67. The lowest BCUT2D eigenvalue weighted by molar-refractivity contribution is -0.144. The van der Waals surface area contributed by atoms with Crippen LogP contribution in [0.5, 0.6) is 5.75 Å². The number of amides is 2. The van der Waals surface area contributed by atoms with Gasteiger partial charge in [0.2, 0.25) is 5.91 Å². The zero-order valence-corrected chi connectivity index (χ0v) is 19.2. The summed E-state index contributed by atoms with van der Waals surface area (Å²) in [5, 5.41) is 1.65. The molecule has 1 fully saturated rings. The minimum absolute atomic E-state index is 0.159. The van der Waals surface area contributed by atoms with E-state index in [1.165, 1.54) is 0 Å². The molecule has 2 aromatic rings. The summed E-state index contributed by atoms with van der Waals surface area (Å²) in [6.45, 7) is 4.84. The van der Waals surface area contributed by atoms with Gasteiger partial charge in [0, 0.05) is 31.2 Å². The number of thioether (sulfide) groups is 1. The van der Waals surface area contributed by atoms with Crippen LogP contribution in [0.3, 0.4) is 0 Å². The zero-order chi connectivity index (χ0) is 22.9. The molecule has 7 nitrogen and oxygen atoms in total. The number of benzene rings is 1. The number of nitrogens with zero attached hydrogens (tertiary/aromatic N) is 1. The minimum Gasteiger partial charge on any atom is -0.493 e.